The maximum Gasteiger partial charge on any atom is 0.0431 e. The second-order valence-electron chi connectivity index (χ2n) is 7.81. The van der Waals surface area contributed by atoms with E-state index in [0.29, 0.717) is 6.61 Å². The fraction of sp³-hybridized carbons (Fsp3) is 0.840. The van der Waals surface area contributed by atoms with Gasteiger partial charge in [-0.1, -0.05) is 121 Å². The number of unbranched alkanes of at least 4 members (excludes halogenated alkanes) is 17. The molecule has 0 aliphatic carbocycles. The molecule has 1 heteroatoms. The van der Waals surface area contributed by atoms with Crippen molar-refractivity contribution >= 4 is 0 Å². The summed E-state index contributed by atoms with van der Waals surface area (Å²) in [5.74, 6) is 0. The summed E-state index contributed by atoms with van der Waals surface area (Å²) < 4.78 is 0. The van der Waals surface area contributed by atoms with E-state index < -0.39 is 0 Å². The van der Waals surface area contributed by atoms with Crippen LogP contribution < -0.4 is 0 Å². The highest BCUT2D eigenvalue weighted by Gasteiger charge is 1.92. The molecule has 0 heterocycles. The van der Waals surface area contributed by atoms with E-state index in [1.54, 1.807) is 0 Å². The minimum atomic E-state index is 0.359. The van der Waals surface area contributed by atoms with Crippen molar-refractivity contribution in [3.05, 3.63) is 24.3 Å². The van der Waals surface area contributed by atoms with Gasteiger partial charge in [0, 0.05) is 6.61 Å². The summed E-state index contributed by atoms with van der Waals surface area (Å²) in [7, 11) is 0. The lowest BCUT2D eigenvalue weighted by Gasteiger charge is -2.01. The number of hydrogen-bond donors (Lipinski definition) is 1. The fourth-order valence-electron chi connectivity index (χ4n) is 3.36. The van der Waals surface area contributed by atoms with E-state index in [-0.39, 0.29) is 0 Å². The largest absolute Gasteiger partial charge is 0.396 e. The third kappa shape index (κ3) is 23.4. The van der Waals surface area contributed by atoms with E-state index in [1.807, 2.05) is 0 Å². The summed E-state index contributed by atoms with van der Waals surface area (Å²) in [4.78, 5) is 0. The van der Waals surface area contributed by atoms with Crippen LogP contribution in [0.3, 0.4) is 0 Å². The van der Waals surface area contributed by atoms with E-state index in [9.17, 15) is 0 Å². The maximum atomic E-state index is 8.72. The quantitative estimate of drug-likeness (QED) is 0.160. The third-order valence-electron chi connectivity index (χ3n) is 5.14. The molecule has 1 N–H and O–H groups in total. The van der Waals surface area contributed by atoms with Gasteiger partial charge in [0.25, 0.3) is 0 Å². The molecule has 0 unspecified atom stereocenters. The summed E-state index contributed by atoms with van der Waals surface area (Å²) in [6.45, 7) is 2.65. The monoisotopic (exact) mass is 364 g/mol. The summed E-state index contributed by atoms with van der Waals surface area (Å²) in [6, 6.07) is 0. The molecule has 0 aromatic carbocycles. The molecule has 0 aliphatic rings. The van der Waals surface area contributed by atoms with Crippen LogP contribution in [0.15, 0.2) is 24.3 Å². The fourth-order valence-corrected chi connectivity index (χ4v) is 3.36. The zero-order chi connectivity index (χ0) is 19.0. The molecule has 0 spiro atoms. The van der Waals surface area contributed by atoms with E-state index >= 15 is 0 Å². The van der Waals surface area contributed by atoms with E-state index in [2.05, 4.69) is 31.2 Å². The van der Waals surface area contributed by atoms with Gasteiger partial charge in [0.05, 0.1) is 0 Å². The topological polar surface area (TPSA) is 20.2 Å². The average molecular weight is 365 g/mol. The predicted octanol–water partition coefficient (Wildman–Crippen LogP) is 8.52. The number of aliphatic hydroxyl groups excluding tert-OH is 1. The third-order valence-corrected chi connectivity index (χ3v) is 5.14. The molecular weight excluding hydrogens is 316 g/mol. The van der Waals surface area contributed by atoms with Crippen molar-refractivity contribution in [1.82, 2.24) is 0 Å². The van der Waals surface area contributed by atoms with E-state index in [4.69, 9.17) is 5.11 Å². The van der Waals surface area contributed by atoms with Crippen molar-refractivity contribution in [2.24, 2.45) is 0 Å². The zero-order valence-corrected chi connectivity index (χ0v) is 17.9. The molecule has 0 rings (SSSR count). The first-order valence-corrected chi connectivity index (χ1v) is 11.8. The van der Waals surface area contributed by atoms with E-state index in [1.165, 1.54) is 116 Å². The summed E-state index contributed by atoms with van der Waals surface area (Å²) in [5.41, 5.74) is 0. The Kier molecular flexibility index (Phi) is 23.9. The first kappa shape index (κ1) is 25.4. The zero-order valence-electron chi connectivity index (χ0n) is 17.9. The highest BCUT2D eigenvalue weighted by molar-refractivity contribution is 5.02. The minimum absolute atomic E-state index is 0.359. The Morgan fingerprint density at radius 1 is 0.462 bits per heavy atom. The second-order valence-corrected chi connectivity index (χ2v) is 7.81. The van der Waals surface area contributed by atoms with Crippen LogP contribution in [0.5, 0.6) is 0 Å². The van der Waals surface area contributed by atoms with Gasteiger partial charge < -0.3 is 5.11 Å². The van der Waals surface area contributed by atoms with Crippen LogP contribution in [0, 0.1) is 0 Å². The van der Waals surface area contributed by atoms with Crippen LogP contribution >= 0.6 is 0 Å². The Balaban J connectivity index is 3.14. The Hall–Kier alpha value is -0.560. The molecular formula is C25H48O. The molecule has 0 aliphatic heterocycles. The van der Waals surface area contributed by atoms with Gasteiger partial charge in [-0.15, -0.1) is 0 Å². The predicted molar refractivity (Wildman–Crippen MR) is 119 cm³/mol. The molecule has 0 radical (unpaired) electrons. The molecule has 26 heavy (non-hydrogen) atoms. The van der Waals surface area contributed by atoms with Crippen molar-refractivity contribution in [3.63, 3.8) is 0 Å². The van der Waals surface area contributed by atoms with Crippen LogP contribution in [-0.2, 0) is 0 Å². The van der Waals surface area contributed by atoms with E-state index in [0.717, 1.165) is 6.42 Å². The minimum Gasteiger partial charge on any atom is -0.396 e. The Labute approximate surface area is 165 Å². The molecule has 154 valence electrons. The van der Waals surface area contributed by atoms with Gasteiger partial charge in [-0.2, -0.15) is 0 Å². The number of hydrogen-bond acceptors (Lipinski definition) is 1. The van der Waals surface area contributed by atoms with Gasteiger partial charge in [-0.25, -0.2) is 0 Å². The number of aliphatic hydroxyl groups is 1. The van der Waals surface area contributed by atoms with Crippen molar-refractivity contribution in [3.8, 4) is 0 Å². The lowest BCUT2D eigenvalue weighted by Crippen LogP contribution is -1.83. The summed E-state index contributed by atoms with van der Waals surface area (Å²) in [6.07, 6.45) is 34.6. The standard InChI is InChI=1S/C25H48O/c1-2-3-4-5-6-7-8-9-10-11-12-13-14-15-16-17-18-19-20-21-22-23-24-25-26/h13-16,26H,2-12,17-25H2,1H3. The van der Waals surface area contributed by atoms with Crippen molar-refractivity contribution < 1.29 is 5.11 Å². The molecule has 0 saturated heterocycles. The van der Waals surface area contributed by atoms with Crippen molar-refractivity contribution in [2.75, 3.05) is 6.61 Å². The normalized spacial score (nSPS) is 11.9. The van der Waals surface area contributed by atoms with Gasteiger partial charge in [-0.05, 0) is 32.1 Å². The van der Waals surface area contributed by atoms with Gasteiger partial charge in [0.2, 0.25) is 0 Å². The molecule has 0 fully saturated rings. The Morgan fingerprint density at radius 2 is 0.808 bits per heavy atom. The van der Waals surface area contributed by atoms with Gasteiger partial charge in [0.15, 0.2) is 0 Å². The molecule has 0 aromatic heterocycles. The maximum absolute atomic E-state index is 8.72. The highest BCUT2D eigenvalue weighted by atomic mass is 16.2. The van der Waals surface area contributed by atoms with Crippen LogP contribution in [0.2, 0.25) is 0 Å². The lowest BCUT2D eigenvalue weighted by molar-refractivity contribution is 0.282. The molecule has 0 atom stereocenters. The molecule has 0 amide bonds. The van der Waals surface area contributed by atoms with Crippen LogP contribution in [0.25, 0.3) is 0 Å². The smallest absolute Gasteiger partial charge is 0.0431 e. The summed E-state index contributed by atoms with van der Waals surface area (Å²) >= 11 is 0. The molecule has 1 nitrogen and oxygen atoms in total. The van der Waals surface area contributed by atoms with Crippen LogP contribution in [0.4, 0.5) is 0 Å². The highest BCUT2D eigenvalue weighted by Crippen LogP contribution is 2.11. The SMILES string of the molecule is CCCCCCCCCCCCC=CC=CCCCCCCCCCO. The average Bonchev–Trinajstić information content (AvgIpc) is 2.66. The molecule has 0 bridgehead atoms. The Morgan fingerprint density at radius 3 is 1.19 bits per heavy atom. The first-order valence-electron chi connectivity index (χ1n) is 11.8. The summed E-state index contributed by atoms with van der Waals surface area (Å²) in [5, 5.41) is 8.72. The van der Waals surface area contributed by atoms with Crippen molar-refractivity contribution in [2.45, 2.75) is 129 Å². The van der Waals surface area contributed by atoms with Gasteiger partial charge >= 0.3 is 0 Å². The van der Waals surface area contributed by atoms with Crippen LogP contribution in [0.1, 0.15) is 129 Å². The number of allylic oxidation sites excluding steroid dienone is 4. The van der Waals surface area contributed by atoms with Crippen LogP contribution in [-0.4, -0.2) is 11.7 Å². The first-order chi connectivity index (χ1) is 12.9. The molecule has 0 saturated carbocycles. The number of rotatable bonds is 21. The second kappa shape index (κ2) is 24.4. The van der Waals surface area contributed by atoms with Crippen molar-refractivity contribution in [1.29, 1.82) is 0 Å². The Bertz CT molecular complexity index is 293. The molecule has 0 aromatic rings. The lowest BCUT2D eigenvalue weighted by atomic mass is 10.1. The van der Waals surface area contributed by atoms with Gasteiger partial charge in [-0.3, -0.25) is 0 Å². The van der Waals surface area contributed by atoms with Gasteiger partial charge in [0.1, 0.15) is 0 Å².